The van der Waals surface area contributed by atoms with E-state index in [0.717, 1.165) is 12.8 Å². The summed E-state index contributed by atoms with van der Waals surface area (Å²) in [7, 11) is 1.80. The molecule has 0 aromatic carbocycles. The Hall–Kier alpha value is -0.570. The summed E-state index contributed by atoms with van der Waals surface area (Å²) in [6, 6.07) is 0.357. The van der Waals surface area contributed by atoms with Crippen LogP contribution in [0.3, 0.4) is 0 Å². The van der Waals surface area contributed by atoms with Gasteiger partial charge in [-0.3, -0.25) is 4.79 Å². The van der Waals surface area contributed by atoms with Gasteiger partial charge >= 0.3 is 0 Å². The SMILES string of the molecule is CC(O)C(=O)N(C)C1CCCCC1. The molecule has 1 N–H and O–H groups in total. The van der Waals surface area contributed by atoms with Crippen molar-refractivity contribution in [2.24, 2.45) is 0 Å². The highest BCUT2D eigenvalue weighted by Gasteiger charge is 2.24. The van der Waals surface area contributed by atoms with Gasteiger partial charge in [-0.1, -0.05) is 19.3 Å². The normalized spacial score (nSPS) is 21.2. The third-order valence-electron chi connectivity index (χ3n) is 2.83. The van der Waals surface area contributed by atoms with Crippen molar-refractivity contribution in [3.63, 3.8) is 0 Å². The second-order valence-electron chi connectivity index (χ2n) is 3.92. The van der Waals surface area contributed by atoms with Crippen molar-refractivity contribution in [1.29, 1.82) is 0 Å². The van der Waals surface area contributed by atoms with Crippen molar-refractivity contribution in [2.45, 2.75) is 51.2 Å². The molecule has 0 aromatic heterocycles. The maximum Gasteiger partial charge on any atom is 0.251 e. The fourth-order valence-electron chi connectivity index (χ4n) is 1.94. The number of aliphatic hydroxyl groups is 1. The Kier molecular flexibility index (Phi) is 3.72. The number of carbonyl (C=O) groups excluding carboxylic acids is 1. The highest BCUT2D eigenvalue weighted by molar-refractivity contribution is 5.80. The number of carbonyl (C=O) groups is 1. The lowest BCUT2D eigenvalue weighted by Gasteiger charge is -2.31. The number of nitrogens with zero attached hydrogens (tertiary/aromatic N) is 1. The largest absolute Gasteiger partial charge is 0.384 e. The lowest BCUT2D eigenvalue weighted by molar-refractivity contribution is -0.140. The fourth-order valence-corrected chi connectivity index (χ4v) is 1.94. The van der Waals surface area contributed by atoms with E-state index in [0.29, 0.717) is 6.04 Å². The van der Waals surface area contributed by atoms with Gasteiger partial charge in [0.2, 0.25) is 0 Å². The average molecular weight is 185 g/mol. The van der Waals surface area contributed by atoms with E-state index in [9.17, 15) is 4.79 Å². The number of rotatable bonds is 2. The first-order valence-electron chi connectivity index (χ1n) is 5.07. The van der Waals surface area contributed by atoms with Crippen LogP contribution in [0.2, 0.25) is 0 Å². The first kappa shape index (κ1) is 10.5. The van der Waals surface area contributed by atoms with Gasteiger partial charge in [-0.15, -0.1) is 0 Å². The van der Waals surface area contributed by atoms with E-state index in [4.69, 9.17) is 5.11 Å². The van der Waals surface area contributed by atoms with Crippen molar-refractivity contribution >= 4 is 5.91 Å². The molecule has 3 heteroatoms. The first-order chi connectivity index (χ1) is 6.13. The van der Waals surface area contributed by atoms with Crippen LogP contribution in [0, 0.1) is 0 Å². The van der Waals surface area contributed by atoms with Crippen LogP contribution in [0.1, 0.15) is 39.0 Å². The molecule has 1 amide bonds. The minimum atomic E-state index is -0.855. The Morgan fingerprint density at radius 3 is 2.38 bits per heavy atom. The summed E-state index contributed by atoms with van der Waals surface area (Å²) in [5.41, 5.74) is 0. The van der Waals surface area contributed by atoms with E-state index in [1.807, 2.05) is 0 Å². The van der Waals surface area contributed by atoms with Crippen molar-refractivity contribution in [2.75, 3.05) is 7.05 Å². The molecule has 1 unspecified atom stereocenters. The summed E-state index contributed by atoms with van der Waals surface area (Å²) in [6.45, 7) is 1.53. The molecule has 0 bridgehead atoms. The molecule has 0 saturated heterocycles. The van der Waals surface area contributed by atoms with Gasteiger partial charge in [0.25, 0.3) is 5.91 Å². The third-order valence-corrected chi connectivity index (χ3v) is 2.83. The van der Waals surface area contributed by atoms with Gasteiger partial charge in [-0.05, 0) is 19.8 Å². The predicted molar refractivity (Wildman–Crippen MR) is 51.3 cm³/mol. The van der Waals surface area contributed by atoms with E-state index in [1.165, 1.54) is 26.2 Å². The molecule has 0 radical (unpaired) electrons. The molecule has 0 aliphatic heterocycles. The molecule has 1 rings (SSSR count). The molecule has 0 aromatic rings. The monoisotopic (exact) mass is 185 g/mol. The first-order valence-corrected chi connectivity index (χ1v) is 5.07. The van der Waals surface area contributed by atoms with Crippen LogP contribution >= 0.6 is 0 Å². The molecule has 13 heavy (non-hydrogen) atoms. The van der Waals surface area contributed by atoms with Gasteiger partial charge in [-0.25, -0.2) is 0 Å². The lowest BCUT2D eigenvalue weighted by atomic mass is 9.94. The highest BCUT2D eigenvalue weighted by Crippen LogP contribution is 2.21. The topological polar surface area (TPSA) is 40.5 Å². The molecule has 76 valence electrons. The van der Waals surface area contributed by atoms with Crippen LogP contribution in [0.25, 0.3) is 0 Å². The molecule has 1 aliphatic carbocycles. The van der Waals surface area contributed by atoms with Gasteiger partial charge in [-0.2, -0.15) is 0 Å². The zero-order valence-electron chi connectivity index (χ0n) is 8.49. The number of aliphatic hydroxyl groups excluding tert-OH is 1. The Labute approximate surface area is 79.7 Å². The Morgan fingerprint density at radius 2 is 1.92 bits per heavy atom. The average Bonchev–Trinajstić information content (AvgIpc) is 2.17. The van der Waals surface area contributed by atoms with Crippen LogP contribution in [-0.2, 0) is 4.79 Å². The van der Waals surface area contributed by atoms with E-state index in [-0.39, 0.29) is 5.91 Å². The quantitative estimate of drug-likeness (QED) is 0.701. The lowest BCUT2D eigenvalue weighted by Crippen LogP contribution is -2.42. The molecular formula is C10H19NO2. The zero-order valence-corrected chi connectivity index (χ0v) is 8.49. The third kappa shape index (κ3) is 2.69. The number of likely N-dealkylation sites (N-methyl/N-ethyl adjacent to an activating group) is 1. The van der Waals surface area contributed by atoms with Crippen molar-refractivity contribution in [1.82, 2.24) is 4.90 Å². The molecule has 1 fully saturated rings. The van der Waals surface area contributed by atoms with E-state index in [2.05, 4.69) is 0 Å². The number of hydrogen-bond donors (Lipinski definition) is 1. The van der Waals surface area contributed by atoms with Gasteiger partial charge in [0, 0.05) is 13.1 Å². The van der Waals surface area contributed by atoms with Crippen LogP contribution in [0.4, 0.5) is 0 Å². The van der Waals surface area contributed by atoms with E-state index >= 15 is 0 Å². The Balaban J connectivity index is 2.45. The molecule has 1 saturated carbocycles. The van der Waals surface area contributed by atoms with Crippen molar-refractivity contribution < 1.29 is 9.90 Å². The second-order valence-corrected chi connectivity index (χ2v) is 3.92. The molecular weight excluding hydrogens is 166 g/mol. The highest BCUT2D eigenvalue weighted by atomic mass is 16.3. The number of amides is 1. The van der Waals surface area contributed by atoms with E-state index < -0.39 is 6.10 Å². The summed E-state index contributed by atoms with van der Waals surface area (Å²) in [5.74, 6) is -0.146. The van der Waals surface area contributed by atoms with Crippen LogP contribution in [0.5, 0.6) is 0 Å². The minimum absolute atomic E-state index is 0.146. The summed E-state index contributed by atoms with van der Waals surface area (Å²) in [5, 5.41) is 9.13. The van der Waals surface area contributed by atoms with Gasteiger partial charge in [0.1, 0.15) is 6.10 Å². The molecule has 0 spiro atoms. The molecule has 3 nitrogen and oxygen atoms in total. The predicted octanol–water partition coefficient (Wildman–Crippen LogP) is 1.16. The Morgan fingerprint density at radius 1 is 1.38 bits per heavy atom. The molecule has 1 aliphatic rings. The van der Waals surface area contributed by atoms with Crippen LogP contribution in [-0.4, -0.2) is 35.1 Å². The minimum Gasteiger partial charge on any atom is -0.384 e. The second kappa shape index (κ2) is 4.61. The Bertz CT molecular complexity index is 174. The molecule has 1 atom stereocenters. The fraction of sp³-hybridized carbons (Fsp3) is 0.900. The van der Waals surface area contributed by atoms with Gasteiger partial charge in [0.05, 0.1) is 0 Å². The van der Waals surface area contributed by atoms with Crippen molar-refractivity contribution in [3.8, 4) is 0 Å². The zero-order chi connectivity index (χ0) is 9.84. The van der Waals surface area contributed by atoms with Crippen LogP contribution in [0.15, 0.2) is 0 Å². The molecule has 0 heterocycles. The van der Waals surface area contributed by atoms with Crippen molar-refractivity contribution in [3.05, 3.63) is 0 Å². The summed E-state index contributed by atoms with van der Waals surface area (Å²) in [6.07, 6.45) is 5.04. The van der Waals surface area contributed by atoms with Gasteiger partial charge in [0.15, 0.2) is 0 Å². The smallest absolute Gasteiger partial charge is 0.251 e. The number of hydrogen-bond acceptors (Lipinski definition) is 2. The van der Waals surface area contributed by atoms with Crippen LogP contribution < -0.4 is 0 Å². The van der Waals surface area contributed by atoms with Gasteiger partial charge < -0.3 is 10.0 Å². The van der Waals surface area contributed by atoms with E-state index in [1.54, 1.807) is 11.9 Å². The summed E-state index contributed by atoms with van der Waals surface area (Å²) in [4.78, 5) is 13.1. The summed E-state index contributed by atoms with van der Waals surface area (Å²) >= 11 is 0. The maximum atomic E-state index is 11.4. The standard InChI is InChI=1S/C10H19NO2/c1-8(12)10(13)11(2)9-6-4-3-5-7-9/h8-9,12H,3-7H2,1-2H3. The maximum absolute atomic E-state index is 11.4. The summed E-state index contributed by atoms with van der Waals surface area (Å²) < 4.78 is 0.